The molecule has 0 aliphatic carbocycles. The average Bonchev–Trinajstić information content (AvgIpc) is 2.88. The first-order valence-electron chi connectivity index (χ1n) is 7.52. The molecule has 25 heavy (non-hydrogen) atoms. The maximum atomic E-state index is 12.4. The minimum absolute atomic E-state index is 0.0205. The Hall–Kier alpha value is -2.94. The number of likely N-dealkylation sites (N-methyl/N-ethyl adjacent to an activating group) is 1. The number of sulfonamides is 1. The Kier molecular flexibility index (Phi) is 4.17. The van der Waals surface area contributed by atoms with Gasteiger partial charge < -0.3 is 4.90 Å². The number of fused-ring (bicyclic) bond motifs is 1. The van der Waals surface area contributed by atoms with Crippen LogP contribution in [0.25, 0.3) is 0 Å². The molecule has 3 rings (SSSR count). The van der Waals surface area contributed by atoms with Crippen LogP contribution in [0.1, 0.15) is 12.5 Å². The Balaban J connectivity index is 1.86. The summed E-state index contributed by atoms with van der Waals surface area (Å²) in [6.07, 6.45) is 0.232. The largest absolute Gasteiger partial charge is 0.312 e. The topological polar surface area (TPSA) is 110 Å². The van der Waals surface area contributed by atoms with Gasteiger partial charge in [0.05, 0.1) is 16.2 Å². The van der Waals surface area contributed by atoms with Gasteiger partial charge in [-0.3, -0.25) is 19.6 Å². The lowest BCUT2D eigenvalue weighted by Gasteiger charge is -2.15. The first kappa shape index (κ1) is 16.9. The average molecular weight is 361 g/mol. The zero-order valence-corrected chi connectivity index (χ0v) is 14.1. The van der Waals surface area contributed by atoms with Crippen molar-refractivity contribution in [2.75, 3.05) is 16.2 Å². The van der Waals surface area contributed by atoms with Gasteiger partial charge in [0, 0.05) is 30.1 Å². The second-order valence-corrected chi connectivity index (χ2v) is 7.20. The summed E-state index contributed by atoms with van der Waals surface area (Å²) in [6.45, 7) is 2.43. The summed E-state index contributed by atoms with van der Waals surface area (Å²) in [5, 5.41) is 10.6. The van der Waals surface area contributed by atoms with E-state index in [2.05, 4.69) is 4.72 Å². The Bertz CT molecular complexity index is 954. The minimum Gasteiger partial charge on any atom is -0.312 e. The van der Waals surface area contributed by atoms with Gasteiger partial charge in [-0.2, -0.15) is 0 Å². The fraction of sp³-hybridized carbons (Fsp3) is 0.188. The molecule has 0 unspecified atom stereocenters. The van der Waals surface area contributed by atoms with Crippen LogP contribution in [0.5, 0.6) is 0 Å². The van der Waals surface area contributed by atoms with Crippen molar-refractivity contribution >= 4 is 33.0 Å². The second-order valence-electron chi connectivity index (χ2n) is 5.51. The monoisotopic (exact) mass is 361 g/mol. The number of anilines is 2. The molecule has 0 saturated carbocycles. The molecule has 0 atom stereocenters. The Morgan fingerprint density at radius 1 is 1.20 bits per heavy atom. The number of nitrogens with zero attached hydrogens (tertiary/aromatic N) is 2. The van der Waals surface area contributed by atoms with E-state index >= 15 is 0 Å². The third-order valence-electron chi connectivity index (χ3n) is 3.94. The molecule has 130 valence electrons. The summed E-state index contributed by atoms with van der Waals surface area (Å²) in [5.74, 6) is -0.0205. The van der Waals surface area contributed by atoms with E-state index in [0.717, 1.165) is 23.4 Å². The first-order chi connectivity index (χ1) is 11.8. The van der Waals surface area contributed by atoms with E-state index < -0.39 is 14.9 Å². The lowest BCUT2D eigenvalue weighted by Crippen LogP contribution is -2.25. The predicted molar refractivity (Wildman–Crippen MR) is 92.1 cm³/mol. The normalized spacial score (nSPS) is 13.6. The summed E-state index contributed by atoms with van der Waals surface area (Å²) < 4.78 is 27.3. The summed E-state index contributed by atoms with van der Waals surface area (Å²) in [5.41, 5.74) is 1.69. The molecule has 2 aromatic rings. The van der Waals surface area contributed by atoms with E-state index in [1.807, 2.05) is 6.92 Å². The Morgan fingerprint density at radius 3 is 2.48 bits per heavy atom. The van der Waals surface area contributed by atoms with Crippen LogP contribution < -0.4 is 9.62 Å². The van der Waals surface area contributed by atoms with Crippen LogP contribution in [0.2, 0.25) is 0 Å². The fourth-order valence-corrected chi connectivity index (χ4v) is 3.80. The number of amides is 1. The van der Waals surface area contributed by atoms with Crippen LogP contribution in [0.4, 0.5) is 17.1 Å². The molecule has 0 bridgehead atoms. The Morgan fingerprint density at radius 2 is 1.88 bits per heavy atom. The molecule has 9 heteroatoms. The summed E-state index contributed by atoms with van der Waals surface area (Å²) >= 11 is 0. The number of hydrogen-bond donors (Lipinski definition) is 1. The molecular formula is C16H15N3O5S. The maximum Gasteiger partial charge on any atom is 0.269 e. The highest BCUT2D eigenvalue weighted by Crippen LogP contribution is 2.31. The zero-order chi connectivity index (χ0) is 18.2. The standard InChI is InChI=1S/C16H15N3O5S/c1-2-18-15-8-3-12(9-11(15)10-16(18)20)17-25(23,24)14-6-4-13(5-7-14)19(21)22/h3-9,17H,2,10H2,1H3. The van der Waals surface area contributed by atoms with Gasteiger partial charge in [0.1, 0.15) is 0 Å². The second kappa shape index (κ2) is 6.17. The number of hydrogen-bond acceptors (Lipinski definition) is 5. The van der Waals surface area contributed by atoms with Crippen molar-refractivity contribution in [1.82, 2.24) is 0 Å². The predicted octanol–water partition coefficient (Wildman–Crippen LogP) is 2.30. The highest BCUT2D eigenvalue weighted by atomic mass is 32.2. The van der Waals surface area contributed by atoms with Gasteiger partial charge in [-0.05, 0) is 42.8 Å². The van der Waals surface area contributed by atoms with E-state index in [4.69, 9.17) is 0 Å². The number of nitrogens with one attached hydrogen (secondary N) is 1. The number of rotatable bonds is 5. The van der Waals surface area contributed by atoms with Crippen LogP contribution in [0.3, 0.4) is 0 Å². The van der Waals surface area contributed by atoms with Gasteiger partial charge in [0.2, 0.25) is 5.91 Å². The first-order valence-corrected chi connectivity index (χ1v) is 9.00. The van der Waals surface area contributed by atoms with Crippen LogP contribution in [0.15, 0.2) is 47.4 Å². The number of nitro benzene ring substituents is 1. The van der Waals surface area contributed by atoms with E-state index in [1.165, 1.54) is 12.1 Å². The molecule has 1 aliphatic heterocycles. The summed E-state index contributed by atoms with van der Waals surface area (Å²) in [7, 11) is -3.88. The van der Waals surface area contributed by atoms with Gasteiger partial charge in [0.15, 0.2) is 0 Å². The van der Waals surface area contributed by atoms with Crippen molar-refractivity contribution in [3.8, 4) is 0 Å². The van der Waals surface area contributed by atoms with Crippen LogP contribution in [-0.2, 0) is 21.2 Å². The van der Waals surface area contributed by atoms with Gasteiger partial charge in [-0.1, -0.05) is 0 Å². The molecule has 0 spiro atoms. The quantitative estimate of drug-likeness (QED) is 0.649. The Labute approximate surface area is 144 Å². The lowest BCUT2D eigenvalue weighted by molar-refractivity contribution is -0.384. The van der Waals surface area contributed by atoms with Crippen molar-refractivity contribution in [2.45, 2.75) is 18.2 Å². The van der Waals surface area contributed by atoms with Gasteiger partial charge in [0.25, 0.3) is 15.7 Å². The molecule has 8 nitrogen and oxygen atoms in total. The highest BCUT2D eigenvalue weighted by molar-refractivity contribution is 7.92. The van der Waals surface area contributed by atoms with Gasteiger partial charge >= 0.3 is 0 Å². The van der Waals surface area contributed by atoms with Gasteiger partial charge in [-0.25, -0.2) is 8.42 Å². The summed E-state index contributed by atoms with van der Waals surface area (Å²) in [4.78, 5) is 23.5. The number of benzene rings is 2. The van der Waals surface area contributed by atoms with E-state index in [1.54, 1.807) is 23.1 Å². The highest BCUT2D eigenvalue weighted by Gasteiger charge is 2.26. The van der Waals surface area contributed by atoms with Crippen LogP contribution in [0, 0.1) is 10.1 Å². The number of nitro groups is 1. The van der Waals surface area contributed by atoms with Crippen LogP contribution in [-0.4, -0.2) is 25.8 Å². The number of non-ortho nitro benzene ring substituents is 1. The third kappa shape index (κ3) is 3.18. The molecule has 0 radical (unpaired) electrons. The fourth-order valence-electron chi connectivity index (χ4n) is 2.75. The van der Waals surface area contributed by atoms with Gasteiger partial charge in [-0.15, -0.1) is 0 Å². The number of carbonyl (C=O) groups excluding carboxylic acids is 1. The third-order valence-corrected chi connectivity index (χ3v) is 5.34. The van der Waals surface area contributed by atoms with Crippen molar-refractivity contribution in [3.05, 3.63) is 58.1 Å². The minimum atomic E-state index is -3.88. The van der Waals surface area contributed by atoms with Crippen molar-refractivity contribution in [3.63, 3.8) is 0 Å². The molecular weight excluding hydrogens is 346 g/mol. The van der Waals surface area contributed by atoms with E-state index in [9.17, 15) is 23.3 Å². The van der Waals surface area contributed by atoms with Crippen molar-refractivity contribution in [2.24, 2.45) is 0 Å². The molecule has 2 aromatic carbocycles. The molecule has 1 heterocycles. The smallest absolute Gasteiger partial charge is 0.269 e. The van der Waals surface area contributed by atoms with Crippen molar-refractivity contribution < 1.29 is 18.1 Å². The SMILES string of the molecule is CCN1C(=O)Cc2cc(NS(=O)(=O)c3ccc([N+](=O)[O-])cc3)ccc21. The maximum absolute atomic E-state index is 12.4. The number of carbonyl (C=O) groups is 1. The molecule has 1 N–H and O–H groups in total. The summed E-state index contributed by atoms with van der Waals surface area (Å²) in [6, 6.07) is 9.54. The molecule has 0 fully saturated rings. The molecule has 0 saturated heterocycles. The molecule has 1 amide bonds. The van der Waals surface area contributed by atoms with E-state index in [0.29, 0.717) is 12.2 Å². The lowest BCUT2D eigenvalue weighted by atomic mass is 10.1. The van der Waals surface area contributed by atoms with E-state index in [-0.39, 0.29) is 22.9 Å². The van der Waals surface area contributed by atoms with Crippen molar-refractivity contribution in [1.29, 1.82) is 0 Å². The molecule has 0 aromatic heterocycles. The zero-order valence-electron chi connectivity index (χ0n) is 13.3. The van der Waals surface area contributed by atoms with Crippen LogP contribution >= 0.6 is 0 Å². The molecule has 1 aliphatic rings.